The summed E-state index contributed by atoms with van der Waals surface area (Å²) in [6, 6.07) is 6.14. The molecule has 7 heteroatoms. The SMILES string of the molecule is CCNC(=NCc1ccc(C)cc1OC1CCOC1)NCCC(=O)OC. The van der Waals surface area contributed by atoms with E-state index < -0.39 is 0 Å². The van der Waals surface area contributed by atoms with Crippen molar-refractivity contribution >= 4 is 11.9 Å². The number of methoxy groups -OCH3 is 1. The lowest BCUT2D eigenvalue weighted by Crippen LogP contribution is -2.38. The second-order valence-corrected chi connectivity index (χ2v) is 6.16. The van der Waals surface area contributed by atoms with Crippen molar-refractivity contribution in [2.75, 3.05) is 33.4 Å². The van der Waals surface area contributed by atoms with E-state index in [4.69, 9.17) is 9.47 Å². The minimum atomic E-state index is -0.249. The van der Waals surface area contributed by atoms with Crippen molar-refractivity contribution in [1.29, 1.82) is 0 Å². The molecule has 0 aliphatic carbocycles. The van der Waals surface area contributed by atoms with Gasteiger partial charge in [0.25, 0.3) is 0 Å². The highest BCUT2D eigenvalue weighted by molar-refractivity contribution is 5.80. The Hall–Kier alpha value is -2.28. The number of rotatable bonds is 8. The van der Waals surface area contributed by atoms with E-state index in [1.165, 1.54) is 7.11 Å². The first-order chi connectivity index (χ1) is 12.6. The Bertz CT molecular complexity index is 613. The van der Waals surface area contributed by atoms with Crippen LogP contribution in [0.15, 0.2) is 23.2 Å². The van der Waals surface area contributed by atoms with Crippen LogP contribution in [0.2, 0.25) is 0 Å². The molecule has 1 unspecified atom stereocenters. The van der Waals surface area contributed by atoms with Crippen LogP contribution in [0, 0.1) is 6.92 Å². The van der Waals surface area contributed by atoms with Gasteiger partial charge in [0.2, 0.25) is 0 Å². The van der Waals surface area contributed by atoms with Crippen molar-refractivity contribution in [3.63, 3.8) is 0 Å². The van der Waals surface area contributed by atoms with E-state index in [-0.39, 0.29) is 12.1 Å². The van der Waals surface area contributed by atoms with Gasteiger partial charge in [0, 0.05) is 25.1 Å². The van der Waals surface area contributed by atoms with E-state index in [0.29, 0.717) is 32.1 Å². The molecule has 0 radical (unpaired) electrons. The molecule has 0 saturated carbocycles. The summed E-state index contributed by atoms with van der Waals surface area (Å²) >= 11 is 0. The van der Waals surface area contributed by atoms with Gasteiger partial charge in [-0.1, -0.05) is 12.1 Å². The Balaban J connectivity index is 2.01. The molecule has 0 amide bonds. The number of nitrogens with one attached hydrogen (secondary N) is 2. The van der Waals surface area contributed by atoms with Gasteiger partial charge < -0.3 is 24.8 Å². The second-order valence-electron chi connectivity index (χ2n) is 6.16. The lowest BCUT2D eigenvalue weighted by molar-refractivity contribution is -0.140. The average molecular weight is 363 g/mol. The van der Waals surface area contributed by atoms with Gasteiger partial charge in [0.05, 0.1) is 33.3 Å². The summed E-state index contributed by atoms with van der Waals surface area (Å²) < 4.78 is 16.1. The van der Waals surface area contributed by atoms with Gasteiger partial charge in [-0.05, 0) is 25.5 Å². The van der Waals surface area contributed by atoms with Gasteiger partial charge in [0.15, 0.2) is 5.96 Å². The predicted octanol–water partition coefficient (Wildman–Crippen LogP) is 1.78. The molecule has 1 atom stereocenters. The molecule has 2 rings (SSSR count). The van der Waals surface area contributed by atoms with Crippen LogP contribution in [-0.4, -0.2) is 51.4 Å². The molecule has 1 fully saturated rings. The van der Waals surface area contributed by atoms with Crippen molar-refractivity contribution in [2.24, 2.45) is 4.99 Å². The minimum absolute atomic E-state index is 0.103. The number of carbonyl (C=O) groups excluding carboxylic acids is 1. The fraction of sp³-hybridized carbons (Fsp3) is 0.579. The summed E-state index contributed by atoms with van der Waals surface area (Å²) in [5, 5.41) is 6.31. The fourth-order valence-electron chi connectivity index (χ4n) is 2.58. The summed E-state index contributed by atoms with van der Waals surface area (Å²) in [7, 11) is 1.38. The van der Waals surface area contributed by atoms with E-state index in [9.17, 15) is 4.79 Å². The number of benzene rings is 1. The zero-order valence-electron chi connectivity index (χ0n) is 15.8. The Morgan fingerprint density at radius 2 is 2.23 bits per heavy atom. The van der Waals surface area contributed by atoms with Crippen molar-refractivity contribution in [3.05, 3.63) is 29.3 Å². The average Bonchev–Trinajstić information content (AvgIpc) is 3.13. The van der Waals surface area contributed by atoms with Crippen molar-refractivity contribution in [1.82, 2.24) is 10.6 Å². The maximum atomic E-state index is 11.2. The largest absolute Gasteiger partial charge is 0.488 e. The van der Waals surface area contributed by atoms with Crippen LogP contribution in [0.3, 0.4) is 0 Å². The molecule has 0 bridgehead atoms. The molecule has 1 saturated heterocycles. The summed E-state index contributed by atoms with van der Waals surface area (Å²) in [5.74, 6) is 1.27. The molecular weight excluding hydrogens is 334 g/mol. The zero-order valence-corrected chi connectivity index (χ0v) is 15.8. The topological polar surface area (TPSA) is 81.2 Å². The Labute approximate surface area is 155 Å². The van der Waals surface area contributed by atoms with Gasteiger partial charge in [0.1, 0.15) is 11.9 Å². The van der Waals surface area contributed by atoms with E-state index in [0.717, 1.165) is 36.4 Å². The van der Waals surface area contributed by atoms with Crippen LogP contribution in [0.25, 0.3) is 0 Å². The summed E-state index contributed by atoms with van der Waals surface area (Å²) in [4.78, 5) is 15.8. The molecule has 144 valence electrons. The summed E-state index contributed by atoms with van der Waals surface area (Å²) in [5.41, 5.74) is 2.17. The number of carbonyl (C=O) groups is 1. The van der Waals surface area contributed by atoms with Gasteiger partial charge in [-0.15, -0.1) is 0 Å². The quantitative estimate of drug-likeness (QED) is 0.416. The Kier molecular flexibility index (Phi) is 8.21. The third kappa shape index (κ3) is 6.55. The van der Waals surface area contributed by atoms with Gasteiger partial charge in [-0.2, -0.15) is 0 Å². The highest BCUT2D eigenvalue weighted by Gasteiger charge is 2.18. The first-order valence-electron chi connectivity index (χ1n) is 9.05. The third-order valence-electron chi connectivity index (χ3n) is 4.01. The van der Waals surface area contributed by atoms with Crippen molar-refractivity contribution in [2.45, 2.75) is 39.3 Å². The second kappa shape index (κ2) is 10.7. The van der Waals surface area contributed by atoms with Crippen LogP contribution in [-0.2, 0) is 20.8 Å². The van der Waals surface area contributed by atoms with Crippen LogP contribution in [0.5, 0.6) is 5.75 Å². The first kappa shape index (κ1) is 20.0. The lowest BCUT2D eigenvalue weighted by Gasteiger charge is -2.16. The van der Waals surface area contributed by atoms with E-state index in [2.05, 4.69) is 26.4 Å². The predicted molar refractivity (Wildman–Crippen MR) is 100 cm³/mol. The highest BCUT2D eigenvalue weighted by atomic mass is 16.5. The monoisotopic (exact) mass is 363 g/mol. The standard InChI is InChI=1S/C19H29N3O4/c1-4-20-19(21-9-7-18(23)24-3)22-12-15-6-5-14(2)11-17(15)26-16-8-10-25-13-16/h5-6,11,16H,4,7-10,12-13H2,1-3H3,(H2,20,21,22). The number of aryl methyl sites for hydroxylation is 1. The van der Waals surface area contributed by atoms with E-state index in [1.54, 1.807) is 0 Å². The summed E-state index contributed by atoms with van der Waals surface area (Å²) in [6.07, 6.45) is 1.31. The summed E-state index contributed by atoms with van der Waals surface area (Å²) in [6.45, 7) is 7.11. The molecule has 0 spiro atoms. The Morgan fingerprint density at radius 3 is 2.92 bits per heavy atom. The lowest BCUT2D eigenvalue weighted by atomic mass is 10.1. The van der Waals surface area contributed by atoms with E-state index >= 15 is 0 Å². The normalized spacial score (nSPS) is 17.0. The molecular formula is C19H29N3O4. The van der Waals surface area contributed by atoms with Crippen LogP contribution < -0.4 is 15.4 Å². The molecule has 7 nitrogen and oxygen atoms in total. The van der Waals surface area contributed by atoms with Crippen molar-refractivity contribution < 1.29 is 19.0 Å². The first-order valence-corrected chi connectivity index (χ1v) is 9.05. The third-order valence-corrected chi connectivity index (χ3v) is 4.01. The van der Waals surface area contributed by atoms with Gasteiger partial charge in [-0.3, -0.25) is 4.79 Å². The minimum Gasteiger partial charge on any atom is -0.488 e. The molecule has 1 aliphatic rings. The van der Waals surface area contributed by atoms with E-state index in [1.807, 2.05) is 26.0 Å². The molecule has 1 heterocycles. The number of esters is 1. The molecule has 26 heavy (non-hydrogen) atoms. The molecule has 1 aliphatic heterocycles. The maximum Gasteiger partial charge on any atom is 0.307 e. The van der Waals surface area contributed by atoms with Crippen LogP contribution in [0.4, 0.5) is 0 Å². The zero-order chi connectivity index (χ0) is 18.8. The smallest absolute Gasteiger partial charge is 0.307 e. The number of guanidine groups is 1. The number of nitrogens with zero attached hydrogens (tertiary/aromatic N) is 1. The number of hydrogen-bond acceptors (Lipinski definition) is 5. The number of aliphatic imine (C=N–C) groups is 1. The van der Waals surface area contributed by atoms with Gasteiger partial charge >= 0.3 is 5.97 Å². The molecule has 1 aromatic rings. The van der Waals surface area contributed by atoms with Crippen molar-refractivity contribution in [3.8, 4) is 5.75 Å². The molecule has 1 aromatic carbocycles. The molecule has 2 N–H and O–H groups in total. The van der Waals surface area contributed by atoms with Crippen LogP contribution >= 0.6 is 0 Å². The number of ether oxygens (including phenoxy) is 3. The molecule has 0 aromatic heterocycles. The number of hydrogen-bond donors (Lipinski definition) is 2. The Morgan fingerprint density at radius 1 is 1.38 bits per heavy atom. The maximum absolute atomic E-state index is 11.2. The van der Waals surface area contributed by atoms with Crippen LogP contribution in [0.1, 0.15) is 30.9 Å². The van der Waals surface area contributed by atoms with Gasteiger partial charge in [-0.25, -0.2) is 4.99 Å². The highest BCUT2D eigenvalue weighted by Crippen LogP contribution is 2.24. The fourth-order valence-corrected chi connectivity index (χ4v) is 2.58.